The third-order valence-electron chi connectivity index (χ3n) is 4.19. The second-order valence-electron chi connectivity index (χ2n) is 6.24. The van der Waals surface area contributed by atoms with Crippen LogP contribution in [0.3, 0.4) is 0 Å². The van der Waals surface area contributed by atoms with Crippen molar-refractivity contribution in [2.45, 2.75) is 23.6 Å². The first-order chi connectivity index (χ1) is 12.9. The second-order valence-corrected chi connectivity index (χ2v) is 7.80. The lowest BCUT2D eigenvalue weighted by Crippen LogP contribution is -2.20. The SMILES string of the molecule is NS(=O)(=O)c1ccc([C@@H]2C[C@H]2C(=O)Nc2cc(F)ccc2OC(F)(F)F)cc1. The molecule has 1 saturated carbocycles. The van der Waals surface area contributed by atoms with Crippen molar-refractivity contribution in [1.29, 1.82) is 0 Å². The number of ether oxygens (including phenoxy) is 1. The van der Waals surface area contributed by atoms with Crippen molar-refractivity contribution in [3.63, 3.8) is 0 Å². The molecule has 0 heterocycles. The molecule has 0 bridgehead atoms. The van der Waals surface area contributed by atoms with E-state index < -0.39 is 45.5 Å². The normalized spacial score (nSPS) is 19.2. The Morgan fingerprint density at radius 3 is 2.36 bits per heavy atom. The summed E-state index contributed by atoms with van der Waals surface area (Å²) in [6, 6.07) is 7.92. The maximum Gasteiger partial charge on any atom is 0.573 e. The number of halogens is 4. The number of sulfonamides is 1. The molecule has 0 aliphatic heterocycles. The highest BCUT2D eigenvalue weighted by Crippen LogP contribution is 2.48. The first-order valence-electron chi connectivity index (χ1n) is 7.93. The molecule has 2 atom stereocenters. The molecular weight excluding hydrogens is 404 g/mol. The summed E-state index contributed by atoms with van der Waals surface area (Å²) in [4.78, 5) is 12.3. The van der Waals surface area contributed by atoms with E-state index in [2.05, 4.69) is 10.1 Å². The third-order valence-corrected chi connectivity index (χ3v) is 5.12. The molecule has 0 aromatic heterocycles. The highest BCUT2D eigenvalue weighted by Gasteiger charge is 2.44. The van der Waals surface area contributed by atoms with Gasteiger partial charge in [-0.1, -0.05) is 12.1 Å². The van der Waals surface area contributed by atoms with Crippen LogP contribution in [-0.4, -0.2) is 20.7 Å². The molecule has 1 amide bonds. The van der Waals surface area contributed by atoms with Gasteiger partial charge in [0.05, 0.1) is 10.6 Å². The summed E-state index contributed by atoms with van der Waals surface area (Å²) in [7, 11) is -3.84. The molecule has 11 heteroatoms. The number of rotatable bonds is 5. The van der Waals surface area contributed by atoms with Gasteiger partial charge in [0.1, 0.15) is 5.82 Å². The Labute approximate surface area is 157 Å². The number of amides is 1. The lowest BCUT2D eigenvalue weighted by molar-refractivity contribution is -0.274. The predicted molar refractivity (Wildman–Crippen MR) is 90.4 cm³/mol. The number of benzene rings is 2. The highest BCUT2D eigenvalue weighted by atomic mass is 32.2. The summed E-state index contributed by atoms with van der Waals surface area (Å²) in [6.45, 7) is 0. The number of carbonyl (C=O) groups excluding carboxylic acids is 1. The maximum absolute atomic E-state index is 13.4. The van der Waals surface area contributed by atoms with Gasteiger partial charge < -0.3 is 10.1 Å². The van der Waals surface area contributed by atoms with E-state index in [4.69, 9.17) is 5.14 Å². The van der Waals surface area contributed by atoms with Gasteiger partial charge in [0.25, 0.3) is 0 Å². The number of alkyl halides is 3. The van der Waals surface area contributed by atoms with Crippen LogP contribution in [0.15, 0.2) is 47.4 Å². The summed E-state index contributed by atoms with van der Waals surface area (Å²) in [5.74, 6) is -2.96. The van der Waals surface area contributed by atoms with E-state index in [1.165, 1.54) is 24.3 Å². The number of nitrogens with two attached hydrogens (primary N) is 1. The molecule has 150 valence electrons. The van der Waals surface area contributed by atoms with Crippen molar-refractivity contribution >= 4 is 21.6 Å². The number of carbonyl (C=O) groups is 1. The Hall–Kier alpha value is -2.66. The van der Waals surface area contributed by atoms with Gasteiger partial charge in [0, 0.05) is 12.0 Å². The van der Waals surface area contributed by atoms with Crippen molar-refractivity contribution in [1.82, 2.24) is 0 Å². The van der Waals surface area contributed by atoms with Gasteiger partial charge >= 0.3 is 6.36 Å². The lowest BCUT2D eigenvalue weighted by atomic mass is 10.1. The van der Waals surface area contributed by atoms with Gasteiger partial charge in [-0.15, -0.1) is 13.2 Å². The van der Waals surface area contributed by atoms with Crippen LogP contribution in [0.1, 0.15) is 17.9 Å². The molecule has 1 aliphatic rings. The van der Waals surface area contributed by atoms with Crippen LogP contribution in [-0.2, 0) is 14.8 Å². The van der Waals surface area contributed by atoms with E-state index in [-0.39, 0.29) is 10.8 Å². The molecule has 1 fully saturated rings. The first-order valence-corrected chi connectivity index (χ1v) is 9.47. The molecule has 3 N–H and O–H groups in total. The smallest absolute Gasteiger partial charge is 0.404 e. The Balaban J connectivity index is 1.71. The topological polar surface area (TPSA) is 98.5 Å². The van der Waals surface area contributed by atoms with Crippen molar-refractivity contribution in [3.05, 3.63) is 53.8 Å². The Kier molecular flexibility index (Phi) is 5.06. The average Bonchev–Trinajstić information content (AvgIpc) is 3.36. The lowest BCUT2D eigenvalue weighted by Gasteiger charge is -2.14. The van der Waals surface area contributed by atoms with Gasteiger partial charge in [0.15, 0.2) is 5.75 Å². The van der Waals surface area contributed by atoms with Crippen LogP contribution in [0.25, 0.3) is 0 Å². The van der Waals surface area contributed by atoms with Crippen molar-refractivity contribution in [3.8, 4) is 5.75 Å². The van der Waals surface area contributed by atoms with Crippen LogP contribution >= 0.6 is 0 Å². The van der Waals surface area contributed by atoms with Gasteiger partial charge in [-0.2, -0.15) is 0 Å². The molecule has 0 spiro atoms. The Morgan fingerprint density at radius 2 is 1.79 bits per heavy atom. The van der Waals surface area contributed by atoms with Crippen LogP contribution < -0.4 is 15.2 Å². The summed E-state index contributed by atoms with van der Waals surface area (Å²) >= 11 is 0. The fourth-order valence-electron chi connectivity index (χ4n) is 2.80. The second kappa shape index (κ2) is 7.06. The van der Waals surface area contributed by atoms with Gasteiger partial charge in [-0.25, -0.2) is 17.9 Å². The monoisotopic (exact) mass is 418 g/mol. The summed E-state index contributed by atoms with van der Waals surface area (Å²) in [5, 5.41) is 7.27. The minimum atomic E-state index is -5.00. The number of primary sulfonamides is 1. The van der Waals surface area contributed by atoms with Crippen LogP contribution in [0, 0.1) is 11.7 Å². The Bertz CT molecular complexity index is 1010. The maximum atomic E-state index is 13.4. The fourth-order valence-corrected chi connectivity index (χ4v) is 3.31. The quantitative estimate of drug-likeness (QED) is 0.729. The molecule has 0 radical (unpaired) electrons. The molecule has 0 unspecified atom stereocenters. The summed E-state index contributed by atoms with van der Waals surface area (Å²) in [6.07, 6.45) is -4.59. The average molecular weight is 418 g/mol. The standard InChI is InChI=1S/C17H14F4N2O4S/c18-10-3-6-15(27-17(19,20)21)14(7-10)23-16(24)13-8-12(13)9-1-4-11(5-2-9)28(22,25)26/h1-7,12-13H,8H2,(H,23,24)(H2,22,25,26)/t12-,13+/m0/s1. The molecule has 0 saturated heterocycles. The largest absolute Gasteiger partial charge is 0.573 e. The molecule has 2 aromatic rings. The minimum Gasteiger partial charge on any atom is -0.404 e. The van der Waals surface area contributed by atoms with E-state index in [1.807, 2.05) is 0 Å². The van der Waals surface area contributed by atoms with Crippen LogP contribution in [0.4, 0.5) is 23.2 Å². The van der Waals surface area contributed by atoms with Gasteiger partial charge in [-0.3, -0.25) is 4.79 Å². The zero-order valence-corrected chi connectivity index (χ0v) is 14.9. The minimum absolute atomic E-state index is 0.0772. The number of hydrogen-bond donors (Lipinski definition) is 2. The predicted octanol–water partition coefficient (Wildman–Crippen LogP) is 3.11. The molecular formula is C17H14F4N2O4S. The van der Waals surface area contributed by atoms with Crippen molar-refractivity contribution in [2.24, 2.45) is 11.1 Å². The fraction of sp³-hybridized carbons (Fsp3) is 0.235. The van der Waals surface area contributed by atoms with E-state index >= 15 is 0 Å². The number of hydrogen-bond acceptors (Lipinski definition) is 4. The van der Waals surface area contributed by atoms with Crippen LogP contribution in [0.2, 0.25) is 0 Å². The third kappa shape index (κ3) is 4.78. The zero-order chi connectivity index (χ0) is 20.7. The van der Waals surface area contributed by atoms with Crippen molar-refractivity contribution in [2.75, 3.05) is 5.32 Å². The van der Waals surface area contributed by atoms with E-state index in [9.17, 15) is 30.8 Å². The Morgan fingerprint density at radius 1 is 1.14 bits per heavy atom. The van der Waals surface area contributed by atoms with Gasteiger partial charge in [-0.05, 0) is 42.2 Å². The van der Waals surface area contributed by atoms with E-state index in [0.717, 1.165) is 18.2 Å². The summed E-state index contributed by atoms with van der Waals surface area (Å²) in [5.41, 5.74) is 0.246. The van der Waals surface area contributed by atoms with E-state index in [0.29, 0.717) is 12.0 Å². The first kappa shape index (κ1) is 20.1. The molecule has 28 heavy (non-hydrogen) atoms. The number of nitrogens with one attached hydrogen (secondary N) is 1. The molecule has 3 rings (SSSR count). The molecule has 6 nitrogen and oxygen atoms in total. The zero-order valence-electron chi connectivity index (χ0n) is 14.0. The molecule has 1 aliphatic carbocycles. The highest BCUT2D eigenvalue weighted by molar-refractivity contribution is 7.89. The molecule has 2 aromatic carbocycles. The van der Waals surface area contributed by atoms with Gasteiger partial charge in [0.2, 0.25) is 15.9 Å². The van der Waals surface area contributed by atoms with Crippen molar-refractivity contribution < 1.29 is 35.5 Å². The number of anilines is 1. The summed E-state index contributed by atoms with van der Waals surface area (Å²) < 4.78 is 77.0. The van der Waals surface area contributed by atoms with Crippen LogP contribution in [0.5, 0.6) is 5.75 Å². The van der Waals surface area contributed by atoms with E-state index in [1.54, 1.807) is 0 Å².